The molecule has 5 heteroatoms. The van der Waals surface area contributed by atoms with Crippen molar-refractivity contribution in [2.75, 3.05) is 19.7 Å². The largest absolute Gasteiger partial charge is 0.466 e. The van der Waals surface area contributed by atoms with E-state index in [2.05, 4.69) is 0 Å². The third-order valence-electron chi connectivity index (χ3n) is 2.85. The second-order valence-electron chi connectivity index (χ2n) is 5.72. The molecular formula is C13H23NO4. The van der Waals surface area contributed by atoms with Crippen LogP contribution in [0.3, 0.4) is 0 Å². The fraction of sp³-hybridized carbons (Fsp3) is 0.846. The second kappa shape index (κ2) is 5.59. The van der Waals surface area contributed by atoms with Crippen LogP contribution in [0.5, 0.6) is 0 Å². The van der Waals surface area contributed by atoms with Crippen molar-refractivity contribution in [2.24, 2.45) is 11.8 Å². The zero-order chi connectivity index (χ0) is 13.9. The molecular weight excluding hydrogens is 234 g/mol. The molecule has 1 saturated heterocycles. The van der Waals surface area contributed by atoms with Crippen molar-refractivity contribution in [3.05, 3.63) is 0 Å². The average molecular weight is 257 g/mol. The van der Waals surface area contributed by atoms with Gasteiger partial charge in [0.1, 0.15) is 5.60 Å². The molecule has 18 heavy (non-hydrogen) atoms. The van der Waals surface area contributed by atoms with Gasteiger partial charge in [0.15, 0.2) is 0 Å². The first-order valence-corrected chi connectivity index (χ1v) is 6.39. The van der Waals surface area contributed by atoms with Crippen LogP contribution in [0.15, 0.2) is 0 Å². The lowest BCUT2D eigenvalue weighted by Gasteiger charge is -2.24. The van der Waals surface area contributed by atoms with E-state index in [1.165, 1.54) is 0 Å². The lowest BCUT2D eigenvalue weighted by atomic mass is 9.99. The molecule has 0 aliphatic carbocycles. The second-order valence-corrected chi connectivity index (χ2v) is 5.72. The summed E-state index contributed by atoms with van der Waals surface area (Å²) in [5.74, 6) is -0.356. The van der Waals surface area contributed by atoms with E-state index in [1.807, 2.05) is 27.7 Å². The number of ether oxygens (including phenoxy) is 2. The summed E-state index contributed by atoms with van der Waals surface area (Å²) in [6.07, 6.45) is -0.360. The smallest absolute Gasteiger partial charge is 0.410 e. The Morgan fingerprint density at radius 2 is 1.89 bits per heavy atom. The van der Waals surface area contributed by atoms with E-state index >= 15 is 0 Å². The molecule has 0 aromatic carbocycles. The lowest BCUT2D eigenvalue weighted by molar-refractivity contribution is -0.148. The molecule has 1 amide bonds. The minimum atomic E-state index is -0.512. The number of carbonyl (C=O) groups excluding carboxylic acids is 2. The normalized spacial score (nSPS) is 23.9. The van der Waals surface area contributed by atoms with Gasteiger partial charge < -0.3 is 14.4 Å². The molecule has 0 aromatic rings. The summed E-state index contributed by atoms with van der Waals surface area (Å²) in [7, 11) is 0. The van der Waals surface area contributed by atoms with Crippen LogP contribution < -0.4 is 0 Å². The van der Waals surface area contributed by atoms with Gasteiger partial charge in [-0.1, -0.05) is 6.92 Å². The molecule has 0 N–H and O–H groups in total. The van der Waals surface area contributed by atoms with Gasteiger partial charge in [0, 0.05) is 13.1 Å². The Kier molecular flexibility index (Phi) is 4.59. The molecule has 1 unspecified atom stereocenters. The minimum absolute atomic E-state index is 0.108. The monoisotopic (exact) mass is 257 g/mol. The number of likely N-dealkylation sites (tertiary alicyclic amines) is 1. The Labute approximate surface area is 108 Å². The predicted octanol–water partition coefficient (Wildman–Crippen LogP) is 2.05. The SMILES string of the molecule is CCOC(=O)[C@H]1CN(C(=O)OC(C)(C)C)CC1C. The molecule has 1 fully saturated rings. The molecule has 0 saturated carbocycles. The van der Waals surface area contributed by atoms with E-state index in [0.717, 1.165) is 0 Å². The van der Waals surface area contributed by atoms with Crippen LogP contribution >= 0.6 is 0 Å². The summed E-state index contributed by atoms with van der Waals surface area (Å²) < 4.78 is 10.3. The number of amides is 1. The molecule has 1 aliphatic heterocycles. The Balaban J connectivity index is 2.58. The van der Waals surface area contributed by atoms with Gasteiger partial charge in [-0.25, -0.2) is 4.79 Å². The van der Waals surface area contributed by atoms with E-state index in [1.54, 1.807) is 11.8 Å². The van der Waals surface area contributed by atoms with Gasteiger partial charge in [0.2, 0.25) is 0 Å². The number of hydrogen-bond acceptors (Lipinski definition) is 4. The fourth-order valence-electron chi connectivity index (χ4n) is 2.00. The van der Waals surface area contributed by atoms with Crippen molar-refractivity contribution >= 4 is 12.1 Å². The van der Waals surface area contributed by atoms with E-state index in [0.29, 0.717) is 19.7 Å². The van der Waals surface area contributed by atoms with Crippen molar-refractivity contribution in [1.82, 2.24) is 4.90 Å². The average Bonchev–Trinajstić information content (AvgIpc) is 2.58. The summed E-state index contributed by atoms with van der Waals surface area (Å²) >= 11 is 0. The van der Waals surface area contributed by atoms with Crippen molar-refractivity contribution in [1.29, 1.82) is 0 Å². The molecule has 0 radical (unpaired) electrons. The fourth-order valence-corrected chi connectivity index (χ4v) is 2.00. The Bertz CT molecular complexity index is 321. The van der Waals surface area contributed by atoms with Gasteiger partial charge in [-0.2, -0.15) is 0 Å². The van der Waals surface area contributed by atoms with Crippen molar-refractivity contribution in [3.63, 3.8) is 0 Å². The molecule has 0 bridgehead atoms. The zero-order valence-electron chi connectivity index (χ0n) is 11.9. The van der Waals surface area contributed by atoms with E-state index in [4.69, 9.17) is 9.47 Å². The lowest BCUT2D eigenvalue weighted by Crippen LogP contribution is -2.36. The summed E-state index contributed by atoms with van der Waals surface area (Å²) in [6, 6.07) is 0. The third-order valence-corrected chi connectivity index (χ3v) is 2.85. The topological polar surface area (TPSA) is 55.8 Å². The van der Waals surface area contributed by atoms with E-state index in [9.17, 15) is 9.59 Å². The van der Waals surface area contributed by atoms with Crippen molar-refractivity contribution in [3.8, 4) is 0 Å². The maximum absolute atomic E-state index is 11.9. The highest BCUT2D eigenvalue weighted by molar-refractivity contribution is 5.76. The van der Waals surface area contributed by atoms with Gasteiger partial charge in [-0.3, -0.25) is 4.79 Å². The molecule has 1 heterocycles. The highest BCUT2D eigenvalue weighted by atomic mass is 16.6. The third kappa shape index (κ3) is 3.89. The molecule has 2 atom stereocenters. The molecule has 5 nitrogen and oxygen atoms in total. The van der Waals surface area contributed by atoms with Crippen LogP contribution in [0.2, 0.25) is 0 Å². The van der Waals surface area contributed by atoms with E-state index < -0.39 is 5.60 Å². The molecule has 1 rings (SSSR count). The standard InChI is InChI=1S/C13H23NO4/c1-6-17-11(15)10-8-14(7-9(10)2)12(16)18-13(3,4)5/h9-10H,6-8H2,1-5H3/t9?,10-/m0/s1. The van der Waals surface area contributed by atoms with Crippen molar-refractivity contribution in [2.45, 2.75) is 40.2 Å². The van der Waals surface area contributed by atoms with Gasteiger partial charge >= 0.3 is 12.1 Å². The summed E-state index contributed by atoms with van der Waals surface area (Å²) in [5.41, 5.74) is -0.512. The highest BCUT2D eigenvalue weighted by Crippen LogP contribution is 2.25. The maximum Gasteiger partial charge on any atom is 0.410 e. The molecule has 1 aliphatic rings. The maximum atomic E-state index is 11.9. The van der Waals surface area contributed by atoms with Crippen LogP contribution in [0.4, 0.5) is 4.79 Å². The summed E-state index contributed by atoms with van der Waals surface area (Å²) in [4.78, 5) is 25.2. The van der Waals surface area contributed by atoms with Gasteiger partial charge in [0.25, 0.3) is 0 Å². The number of rotatable bonds is 2. The molecule has 104 valence electrons. The summed E-state index contributed by atoms with van der Waals surface area (Å²) in [6.45, 7) is 10.5. The molecule has 0 aromatic heterocycles. The first-order valence-electron chi connectivity index (χ1n) is 6.39. The van der Waals surface area contributed by atoms with Crippen molar-refractivity contribution < 1.29 is 19.1 Å². The number of hydrogen-bond donors (Lipinski definition) is 0. The summed E-state index contributed by atoms with van der Waals surface area (Å²) in [5, 5.41) is 0. The van der Waals surface area contributed by atoms with Gasteiger partial charge in [-0.05, 0) is 33.6 Å². The van der Waals surface area contributed by atoms with Crippen LogP contribution in [-0.2, 0) is 14.3 Å². The van der Waals surface area contributed by atoms with Crippen LogP contribution in [0.25, 0.3) is 0 Å². The Morgan fingerprint density at radius 3 is 2.39 bits per heavy atom. The Hall–Kier alpha value is -1.26. The van der Waals surface area contributed by atoms with Crippen LogP contribution in [-0.4, -0.2) is 42.3 Å². The first-order chi connectivity index (χ1) is 8.24. The number of esters is 1. The number of carbonyl (C=O) groups is 2. The van der Waals surface area contributed by atoms with Gasteiger partial charge in [0.05, 0.1) is 12.5 Å². The quantitative estimate of drug-likeness (QED) is 0.710. The molecule has 0 spiro atoms. The van der Waals surface area contributed by atoms with Gasteiger partial charge in [-0.15, -0.1) is 0 Å². The minimum Gasteiger partial charge on any atom is -0.466 e. The number of nitrogens with zero attached hydrogens (tertiary/aromatic N) is 1. The first kappa shape index (κ1) is 14.8. The van der Waals surface area contributed by atoms with Crippen LogP contribution in [0.1, 0.15) is 34.6 Å². The van der Waals surface area contributed by atoms with E-state index in [-0.39, 0.29) is 23.9 Å². The zero-order valence-corrected chi connectivity index (χ0v) is 11.9. The van der Waals surface area contributed by atoms with Crippen LogP contribution in [0, 0.1) is 11.8 Å². The predicted molar refractivity (Wildman–Crippen MR) is 67.1 cm³/mol. The highest BCUT2D eigenvalue weighted by Gasteiger charge is 2.39. The Morgan fingerprint density at radius 1 is 1.28 bits per heavy atom.